The van der Waals surface area contributed by atoms with Crippen LogP contribution < -0.4 is 0 Å². The van der Waals surface area contributed by atoms with Crippen LogP contribution in [0.2, 0.25) is 0 Å². The molecule has 0 saturated carbocycles. The molecule has 4 rings (SSSR count). The normalized spacial score (nSPS) is 11.8. The van der Waals surface area contributed by atoms with Crippen molar-refractivity contribution < 1.29 is 8.78 Å². The molecular formula is C14H8F2N4S2. The Kier molecular flexibility index (Phi) is 3.27. The van der Waals surface area contributed by atoms with Crippen molar-refractivity contribution in [1.82, 2.24) is 19.5 Å². The zero-order valence-electron chi connectivity index (χ0n) is 11.0. The Morgan fingerprint density at radius 1 is 1.09 bits per heavy atom. The Bertz CT molecular complexity index is 964. The second-order valence-electron chi connectivity index (χ2n) is 4.45. The summed E-state index contributed by atoms with van der Waals surface area (Å²) in [4.78, 5) is 12.7. The molecular weight excluding hydrogens is 326 g/mol. The minimum Gasteiger partial charge on any atom is -0.261 e. The number of rotatable bonds is 3. The number of para-hydroxylation sites is 2. The SMILES string of the molecule is FC(F)n1c(Sc2ncnc3ccsc23)nc2ccccc21. The highest BCUT2D eigenvalue weighted by Crippen LogP contribution is 2.36. The summed E-state index contributed by atoms with van der Waals surface area (Å²) in [6.07, 6.45) is 1.44. The number of hydrogen-bond donors (Lipinski definition) is 0. The maximum Gasteiger partial charge on any atom is 0.321 e. The lowest BCUT2D eigenvalue weighted by molar-refractivity contribution is 0.0656. The Labute approximate surface area is 131 Å². The summed E-state index contributed by atoms with van der Waals surface area (Å²) >= 11 is 2.62. The molecule has 8 heteroatoms. The van der Waals surface area contributed by atoms with Crippen molar-refractivity contribution in [3.8, 4) is 0 Å². The molecule has 4 nitrogen and oxygen atoms in total. The average Bonchev–Trinajstić information content (AvgIpc) is 3.10. The third kappa shape index (κ3) is 2.15. The Morgan fingerprint density at radius 3 is 2.82 bits per heavy atom. The van der Waals surface area contributed by atoms with E-state index in [0.717, 1.165) is 26.5 Å². The predicted octanol–water partition coefficient (Wildman–Crippen LogP) is 4.59. The Morgan fingerprint density at radius 2 is 1.95 bits per heavy atom. The van der Waals surface area contributed by atoms with Crippen molar-refractivity contribution in [3.63, 3.8) is 0 Å². The first-order valence-electron chi connectivity index (χ1n) is 6.35. The van der Waals surface area contributed by atoms with E-state index in [-0.39, 0.29) is 5.16 Å². The highest BCUT2D eigenvalue weighted by molar-refractivity contribution is 7.99. The van der Waals surface area contributed by atoms with Gasteiger partial charge in [-0.2, -0.15) is 8.78 Å². The summed E-state index contributed by atoms with van der Waals surface area (Å²) in [7, 11) is 0. The molecule has 1 aromatic carbocycles. The van der Waals surface area contributed by atoms with Crippen LogP contribution in [0, 0.1) is 0 Å². The second-order valence-corrected chi connectivity index (χ2v) is 6.32. The van der Waals surface area contributed by atoms with E-state index in [1.165, 1.54) is 17.7 Å². The molecule has 3 heterocycles. The fourth-order valence-corrected chi connectivity index (χ4v) is 4.10. The van der Waals surface area contributed by atoms with Gasteiger partial charge in [0.15, 0.2) is 5.16 Å². The number of hydrogen-bond acceptors (Lipinski definition) is 5. The molecule has 0 aliphatic carbocycles. The minimum atomic E-state index is -2.66. The van der Waals surface area contributed by atoms with E-state index in [1.807, 2.05) is 11.4 Å². The number of alkyl halides is 2. The van der Waals surface area contributed by atoms with E-state index in [9.17, 15) is 8.78 Å². The van der Waals surface area contributed by atoms with Crippen molar-refractivity contribution in [3.05, 3.63) is 42.0 Å². The van der Waals surface area contributed by atoms with Gasteiger partial charge in [0.2, 0.25) is 0 Å². The van der Waals surface area contributed by atoms with Crippen molar-refractivity contribution in [2.75, 3.05) is 0 Å². The smallest absolute Gasteiger partial charge is 0.261 e. The minimum absolute atomic E-state index is 0.226. The van der Waals surface area contributed by atoms with Crippen molar-refractivity contribution in [2.45, 2.75) is 16.7 Å². The van der Waals surface area contributed by atoms with E-state index in [2.05, 4.69) is 15.0 Å². The summed E-state index contributed by atoms with van der Waals surface area (Å²) < 4.78 is 28.7. The number of imidazole rings is 1. The largest absolute Gasteiger partial charge is 0.321 e. The van der Waals surface area contributed by atoms with Crippen LogP contribution in [0.5, 0.6) is 0 Å². The average molecular weight is 334 g/mol. The topological polar surface area (TPSA) is 43.6 Å². The molecule has 0 fully saturated rings. The first kappa shape index (κ1) is 13.6. The summed E-state index contributed by atoms with van der Waals surface area (Å²) in [5.74, 6) is 0. The van der Waals surface area contributed by atoms with Crippen molar-refractivity contribution in [1.29, 1.82) is 0 Å². The van der Waals surface area contributed by atoms with Gasteiger partial charge in [0.05, 0.1) is 21.3 Å². The van der Waals surface area contributed by atoms with E-state index < -0.39 is 6.55 Å². The lowest BCUT2D eigenvalue weighted by atomic mass is 10.3. The molecule has 0 aliphatic rings. The maximum atomic E-state index is 13.4. The van der Waals surface area contributed by atoms with Gasteiger partial charge in [-0.3, -0.25) is 4.57 Å². The number of fused-ring (bicyclic) bond motifs is 2. The molecule has 110 valence electrons. The molecule has 3 aromatic heterocycles. The van der Waals surface area contributed by atoms with Crippen molar-refractivity contribution >= 4 is 44.3 Å². The van der Waals surface area contributed by atoms with Crippen LogP contribution in [0.15, 0.2) is 52.2 Å². The van der Waals surface area contributed by atoms with Gasteiger partial charge in [-0.25, -0.2) is 15.0 Å². The van der Waals surface area contributed by atoms with Crippen LogP contribution in [0.1, 0.15) is 6.55 Å². The van der Waals surface area contributed by atoms with Gasteiger partial charge < -0.3 is 0 Å². The quantitative estimate of drug-likeness (QED) is 0.514. The first-order valence-corrected chi connectivity index (χ1v) is 8.05. The van der Waals surface area contributed by atoms with Gasteiger partial charge in [0.25, 0.3) is 0 Å². The van der Waals surface area contributed by atoms with Gasteiger partial charge in [-0.15, -0.1) is 11.3 Å². The summed E-state index contributed by atoms with van der Waals surface area (Å²) in [6, 6.07) is 8.74. The number of thiophene rings is 1. The molecule has 0 atom stereocenters. The summed E-state index contributed by atoms with van der Waals surface area (Å²) in [5, 5.41) is 2.77. The number of benzene rings is 1. The van der Waals surface area contributed by atoms with E-state index in [4.69, 9.17) is 0 Å². The van der Waals surface area contributed by atoms with Crippen LogP contribution in [-0.4, -0.2) is 19.5 Å². The van der Waals surface area contributed by atoms with Gasteiger partial charge in [0, 0.05) is 0 Å². The maximum absolute atomic E-state index is 13.4. The molecule has 0 radical (unpaired) electrons. The lowest BCUT2D eigenvalue weighted by Gasteiger charge is -2.07. The molecule has 0 spiro atoms. The van der Waals surface area contributed by atoms with E-state index in [0.29, 0.717) is 16.1 Å². The van der Waals surface area contributed by atoms with Gasteiger partial charge in [-0.05, 0) is 35.3 Å². The summed E-state index contributed by atoms with van der Waals surface area (Å²) in [6.45, 7) is -2.66. The fourth-order valence-electron chi connectivity index (χ4n) is 2.21. The highest BCUT2D eigenvalue weighted by Gasteiger charge is 2.20. The molecule has 0 bridgehead atoms. The van der Waals surface area contributed by atoms with Crippen LogP contribution in [0.3, 0.4) is 0 Å². The van der Waals surface area contributed by atoms with Gasteiger partial charge >= 0.3 is 6.55 Å². The second kappa shape index (κ2) is 5.29. The standard InChI is InChI=1S/C14H8F2N4S2/c15-13(16)20-10-4-2-1-3-8(10)19-14(20)22-12-11-9(5-6-21-11)17-7-18-12/h1-7,13H. The summed E-state index contributed by atoms with van der Waals surface area (Å²) in [5.41, 5.74) is 1.76. The molecule has 0 N–H and O–H groups in total. The number of aromatic nitrogens is 4. The van der Waals surface area contributed by atoms with Crippen LogP contribution >= 0.6 is 23.1 Å². The first-order chi connectivity index (χ1) is 10.7. The lowest BCUT2D eigenvalue weighted by Crippen LogP contribution is -2.00. The van der Waals surface area contributed by atoms with Gasteiger partial charge in [0.1, 0.15) is 11.4 Å². The van der Waals surface area contributed by atoms with Crippen LogP contribution in [0.25, 0.3) is 21.3 Å². The van der Waals surface area contributed by atoms with E-state index >= 15 is 0 Å². The third-order valence-electron chi connectivity index (χ3n) is 3.16. The number of nitrogens with zero attached hydrogens (tertiary/aromatic N) is 4. The fraction of sp³-hybridized carbons (Fsp3) is 0.0714. The molecule has 0 aliphatic heterocycles. The molecule has 0 saturated heterocycles. The molecule has 22 heavy (non-hydrogen) atoms. The molecule has 0 amide bonds. The number of halogens is 2. The molecule has 4 aromatic rings. The van der Waals surface area contributed by atoms with Crippen LogP contribution in [-0.2, 0) is 0 Å². The Hall–Kier alpha value is -2.06. The highest BCUT2D eigenvalue weighted by atomic mass is 32.2. The zero-order chi connectivity index (χ0) is 15.1. The van der Waals surface area contributed by atoms with Gasteiger partial charge in [-0.1, -0.05) is 12.1 Å². The van der Waals surface area contributed by atoms with Crippen LogP contribution in [0.4, 0.5) is 8.78 Å². The Balaban J connectivity index is 1.87. The molecule has 0 unspecified atom stereocenters. The van der Waals surface area contributed by atoms with Crippen molar-refractivity contribution in [2.24, 2.45) is 0 Å². The third-order valence-corrected chi connectivity index (χ3v) is 5.17. The zero-order valence-corrected chi connectivity index (χ0v) is 12.6. The predicted molar refractivity (Wildman–Crippen MR) is 82.5 cm³/mol. The van der Waals surface area contributed by atoms with E-state index in [1.54, 1.807) is 24.3 Å². The monoisotopic (exact) mass is 334 g/mol.